The zero-order valence-corrected chi connectivity index (χ0v) is 17.6. The summed E-state index contributed by atoms with van der Waals surface area (Å²) in [6.45, 7) is 1.92. The first kappa shape index (κ1) is 20.4. The van der Waals surface area contributed by atoms with Crippen LogP contribution in [0.1, 0.15) is 16.1 Å². The summed E-state index contributed by atoms with van der Waals surface area (Å²) in [5.41, 5.74) is 12.5. The molecule has 5 aromatic rings. The van der Waals surface area contributed by atoms with Gasteiger partial charge in [-0.2, -0.15) is 9.61 Å². The van der Waals surface area contributed by atoms with Crippen LogP contribution in [0.15, 0.2) is 67.1 Å². The number of nitrogens with zero attached hydrogens (tertiary/aromatic N) is 5. The van der Waals surface area contributed by atoms with Gasteiger partial charge in [-0.1, -0.05) is 18.2 Å². The number of aromatic carboxylic acids is 1. The molecule has 0 aliphatic rings. The average Bonchev–Trinajstić information content (AvgIpc) is 3.26. The largest absolute Gasteiger partial charge is 0.478 e. The number of aromatic nitrogens is 5. The lowest BCUT2D eigenvalue weighted by molar-refractivity contribution is 0.0697. The summed E-state index contributed by atoms with van der Waals surface area (Å²) in [4.78, 5) is 24.8. The summed E-state index contributed by atoms with van der Waals surface area (Å²) in [6, 6.07) is 14.0. The molecule has 0 aliphatic carbocycles. The number of carboxylic acids is 1. The van der Waals surface area contributed by atoms with Crippen LogP contribution < -0.4 is 11.2 Å². The SMILES string of the molecule is [B]c1c(-c2ccc(C(=O)O)cc2)nc2c(-c3ccc(-c4cccnc4)nc3C)cnn2c1N. The number of fused-ring (bicyclic) bond motifs is 1. The molecule has 0 spiro atoms. The third-order valence-corrected chi connectivity index (χ3v) is 5.46. The molecule has 0 fully saturated rings. The molecule has 0 unspecified atom stereocenters. The van der Waals surface area contributed by atoms with Crippen molar-refractivity contribution < 1.29 is 9.90 Å². The maximum Gasteiger partial charge on any atom is 0.335 e. The third-order valence-electron chi connectivity index (χ3n) is 5.46. The second kappa shape index (κ2) is 7.87. The van der Waals surface area contributed by atoms with Crippen molar-refractivity contribution in [2.45, 2.75) is 6.92 Å². The molecule has 9 heteroatoms. The Morgan fingerprint density at radius 2 is 1.79 bits per heavy atom. The van der Waals surface area contributed by atoms with Crippen LogP contribution in [0.2, 0.25) is 0 Å². The summed E-state index contributed by atoms with van der Waals surface area (Å²) in [5.74, 6) is -0.755. The van der Waals surface area contributed by atoms with E-state index in [1.54, 1.807) is 30.7 Å². The van der Waals surface area contributed by atoms with Gasteiger partial charge in [0.05, 0.1) is 23.1 Å². The number of nitrogen functional groups attached to an aromatic ring is 1. The fraction of sp³-hybridized carbons (Fsp3) is 0.0417. The Kier molecular flexibility index (Phi) is 4.86. The monoisotopic (exact) mass is 432 g/mol. The highest BCUT2D eigenvalue weighted by molar-refractivity contribution is 6.38. The number of pyridine rings is 2. The van der Waals surface area contributed by atoms with Gasteiger partial charge in [0.25, 0.3) is 0 Å². The number of carboxylic acid groups (broad SMARTS) is 1. The zero-order valence-electron chi connectivity index (χ0n) is 17.6. The molecule has 4 aromatic heterocycles. The second-order valence-electron chi connectivity index (χ2n) is 7.51. The summed E-state index contributed by atoms with van der Waals surface area (Å²) in [6.07, 6.45) is 5.17. The van der Waals surface area contributed by atoms with Gasteiger partial charge >= 0.3 is 5.97 Å². The van der Waals surface area contributed by atoms with E-state index in [4.69, 9.17) is 28.7 Å². The molecule has 33 heavy (non-hydrogen) atoms. The first-order valence-electron chi connectivity index (χ1n) is 10.1. The van der Waals surface area contributed by atoms with Gasteiger partial charge in [0.2, 0.25) is 0 Å². The van der Waals surface area contributed by atoms with E-state index in [0.717, 1.165) is 28.1 Å². The normalized spacial score (nSPS) is 11.1. The standard InChI is InChI=1S/C24H17BN6O2/c1-13-17(8-9-19(29-13)16-3-2-10-27-11-16)18-12-28-31-22(26)20(25)21(30-23(18)31)14-4-6-15(7-5-14)24(32)33/h2-12H,26H2,1H3,(H,32,33). The van der Waals surface area contributed by atoms with Gasteiger partial charge in [-0.05, 0) is 48.3 Å². The van der Waals surface area contributed by atoms with Crippen LogP contribution in [-0.2, 0) is 0 Å². The minimum absolute atomic E-state index is 0.173. The van der Waals surface area contributed by atoms with E-state index in [2.05, 4.69) is 10.1 Å². The Morgan fingerprint density at radius 3 is 2.45 bits per heavy atom. The van der Waals surface area contributed by atoms with Gasteiger partial charge in [-0.25, -0.2) is 9.78 Å². The van der Waals surface area contributed by atoms with Crippen molar-refractivity contribution in [2.75, 3.05) is 5.73 Å². The van der Waals surface area contributed by atoms with Gasteiger partial charge in [0, 0.05) is 34.8 Å². The highest BCUT2D eigenvalue weighted by Gasteiger charge is 2.18. The van der Waals surface area contributed by atoms with Crippen molar-refractivity contribution >= 4 is 30.7 Å². The molecule has 0 amide bonds. The number of hydrogen-bond donors (Lipinski definition) is 2. The van der Waals surface area contributed by atoms with E-state index in [1.807, 2.05) is 31.2 Å². The molecule has 0 bridgehead atoms. The Bertz CT molecular complexity index is 1510. The Balaban J connectivity index is 1.64. The fourth-order valence-electron chi connectivity index (χ4n) is 3.73. The predicted octanol–water partition coefficient (Wildman–Crippen LogP) is 2.90. The van der Waals surface area contributed by atoms with Gasteiger partial charge in [-0.3, -0.25) is 9.97 Å². The molecule has 0 saturated carbocycles. The van der Waals surface area contributed by atoms with Crippen LogP contribution in [0.5, 0.6) is 0 Å². The quantitative estimate of drug-likeness (QED) is 0.419. The Labute approximate surface area is 190 Å². The van der Waals surface area contributed by atoms with E-state index < -0.39 is 5.97 Å². The number of aryl methyl sites for hydroxylation is 1. The second-order valence-corrected chi connectivity index (χ2v) is 7.51. The van der Waals surface area contributed by atoms with E-state index in [9.17, 15) is 4.79 Å². The highest BCUT2D eigenvalue weighted by Crippen LogP contribution is 2.30. The van der Waals surface area contributed by atoms with Crippen LogP contribution in [0, 0.1) is 6.92 Å². The minimum Gasteiger partial charge on any atom is -0.478 e. The lowest BCUT2D eigenvalue weighted by atomic mass is 9.90. The van der Waals surface area contributed by atoms with E-state index in [1.165, 1.54) is 16.6 Å². The molecule has 0 atom stereocenters. The van der Waals surface area contributed by atoms with Crippen LogP contribution in [-0.4, -0.2) is 43.5 Å². The van der Waals surface area contributed by atoms with Crippen molar-refractivity contribution in [2.24, 2.45) is 0 Å². The van der Waals surface area contributed by atoms with Crippen molar-refractivity contribution in [3.63, 3.8) is 0 Å². The maximum atomic E-state index is 11.2. The van der Waals surface area contributed by atoms with Gasteiger partial charge in [0.15, 0.2) is 5.65 Å². The molecular weight excluding hydrogens is 415 g/mol. The summed E-state index contributed by atoms with van der Waals surface area (Å²) < 4.78 is 1.49. The number of anilines is 1. The summed E-state index contributed by atoms with van der Waals surface area (Å²) >= 11 is 0. The fourth-order valence-corrected chi connectivity index (χ4v) is 3.73. The summed E-state index contributed by atoms with van der Waals surface area (Å²) in [7, 11) is 6.26. The number of hydrogen-bond acceptors (Lipinski definition) is 6. The molecule has 4 heterocycles. The Hall–Kier alpha value is -4.53. The molecular formula is C24H17BN6O2. The smallest absolute Gasteiger partial charge is 0.335 e. The van der Waals surface area contributed by atoms with Crippen molar-refractivity contribution in [1.29, 1.82) is 0 Å². The third kappa shape index (κ3) is 3.49. The minimum atomic E-state index is -1.01. The molecule has 158 valence electrons. The van der Waals surface area contributed by atoms with Crippen molar-refractivity contribution in [3.05, 3.63) is 78.4 Å². The van der Waals surface area contributed by atoms with Crippen LogP contribution in [0.4, 0.5) is 5.82 Å². The number of carbonyl (C=O) groups is 1. The van der Waals surface area contributed by atoms with Gasteiger partial charge in [0.1, 0.15) is 13.7 Å². The van der Waals surface area contributed by atoms with Crippen LogP contribution >= 0.6 is 0 Å². The molecule has 5 rings (SSSR count). The molecule has 3 N–H and O–H groups in total. The van der Waals surface area contributed by atoms with Crippen LogP contribution in [0.25, 0.3) is 39.3 Å². The first-order chi connectivity index (χ1) is 15.9. The van der Waals surface area contributed by atoms with Gasteiger partial charge in [-0.15, -0.1) is 0 Å². The van der Waals surface area contributed by atoms with Crippen LogP contribution in [0.3, 0.4) is 0 Å². The first-order valence-corrected chi connectivity index (χ1v) is 10.1. The molecule has 0 saturated heterocycles. The topological polar surface area (TPSA) is 119 Å². The maximum absolute atomic E-state index is 11.2. The van der Waals surface area contributed by atoms with E-state index in [0.29, 0.717) is 16.9 Å². The number of benzene rings is 1. The zero-order chi connectivity index (χ0) is 23.1. The lowest BCUT2D eigenvalue weighted by Crippen LogP contribution is -2.20. The van der Waals surface area contributed by atoms with E-state index >= 15 is 0 Å². The van der Waals surface area contributed by atoms with Crippen molar-refractivity contribution in [1.82, 2.24) is 24.6 Å². The number of nitrogens with two attached hydrogens (primary N) is 1. The van der Waals surface area contributed by atoms with E-state index in [-0.39, 0.29) is 16.8 Å². The van der Waals surface area contributed by atoms with Gasteiger partial charge < -0.3 is 10.8 Å². The lowest BCUT2D eigenvalue weighted by Gasteiger charge is -2.12. The number of rotatable bonds is 4. The average molecular weight is 432 g/mol. The molecule has 0 aliphatic heterocycles. The van der Waals surface area contributed by atoms with Crippen molar-refractivity contribution in [3.8, 4) is 33.6 Å². The molecule has 8 nitrogen and oxygen atoms in total. The molecule has 1 aromatic carbocycles. The predicted molar refractivity (Wildman–Crippen MR) is 126 cm³/mol. The Morgan fingerprint density at radius 1 is 1.00 bits per heavy atom. The molecule has 2 radical (unpaired) electrons. The highest BCUT2D eigenvalue weighted by atomic mass is 16.4. The summed E-state index contributed by atoms with van der Waals surface area (Å²) in [5, 5.41) is 13.5.